The second kappa shape index (κ2) is 11.1. The van der Waals surface area contributed by atoms with Crippen molar-refractivity contribution >= 4 is 17.0 Å². The third-order valence-electron chi connectivity index (χ3n) is 1.21. The van der Waals surface area contributed by atoms with E-state index < -0.39 is 0 Å². The fourth-order valence-corrected chi connectivity index (χ4v) is 0.679. The molecular weight excluding hydrogens is 176 g/mol. The Morgan fingerprint density at radius 2 is 1.89 bits per heavy atom. The van der Waals surface area contributed by atoms with Crippen LogP contribution in [-0.4, -0.2) is 0 Å². The predicted octanol–water partition coefficient (Wildman–Crippen LogP) is 3.72. The summed E-state index contributed by atoms with van der Waals surface area (Å²) in [7, 11) is 0. The van der Waals surface area contributed by atoms with Crippen LogP contribution in [0, 0.1) is 0 Å². The van der Waals surface area contributed by atoms with E-state index in [2.05, 4.69) is 26.0 Å². The summed E-state index contributed by atoms with van der Waals surface area (Å²) < 4.78 is 0. The zero-order chi connectivity index (χ0) is 6.24. The van der Waals surface area contributed by atoms with E-state index in [4.69, 9.17) is 0 Å². The molecule has 0 unspecified atom stereocenters. The lowest BCUT2D eigenvalue weighted by molar-refractivity contribution is 0.729. The van der Waals surface area contributed by atoms with E-state index in [1.54, 1.807) is 0 Å². The number of halogens is 1. The van der Waals surface area contributed by atoms with Gasteiger partial charge in [-0.2, -0.15) is 0 Å². The highest BCUT2D eigenvalue weighted by Crippen LogP contribution is 1.98. The smallest absolute Gasteiger partial charge is 0.0351 e. The maximum atomic E-state index is 2.23. The van der Waals surface area contributed by atoms with Crippen LogP contribution >= 0.6 is 17.0 Å². The molecular formula is C8H17Br. The minimum atomic E-state index is 0. The summed E-state index contributed by atoms with van der Waals surface area (Å²) in [5.41, 5.74) is 0. The normalized spacial score (nSPS) is 9.56. The Kier molecular flexibility index (Phi) is 14.7. The van der Waals surface area contributed by atoms with Crippen LogP contribution < -0.4 is 0 Å². The molecule has 56 valence electrons. The van der Waals surface area contributed by atoms with Crippen LogP contribution in [0.4, 0.5) is 0 Å². The number of rotatable bonds is 4. The standard InChI is InChI=1S/C8H16.BrH/c1-3-5-7-8-6-4-2;/h3,5H,4,6-8H2,1-2H3;1H/b5-3+;. The summed E-state index contributed by atoms with van der Waals surface area (Å²) in [6.45, 7) is 4.31. The van der Waals surface area contributed by atoms with Crippen molar-refractivity contribution in [2.45, 2.75) is 39.5 Å². The average Bonchev–Trinajstić information content (AvgIpc) is 1.81. The van der Waals surface area contributed by atoms with Crippen LogP contribution in [0.2, 0.25) is 0 Å². The molecule has 0 saturated carbocycles. The molecule has 0 spiro atoms. The Balaban J connectivity index is 0. The van der Waals surface area contributed by atoms with E-state index in [1.807, 2.05) is 0 Å². The van der Waals surface area contributed by atoms with Crippen LogP contribution in [0.5, 0.6) is 0 Å². The van der Waals surface area contributed by atoms with Crippen molar-refractivity contribution in [1.29, 1.82) is 0 Å². The fraction of sp³-hybridized carbons (Fsp3) is 0.750. The molecule has 0 aliphatic rings. The molecule has 0 N–H and O–H groups in total. The van der Waals surface area contributed by atoms with Crippen molar-refractivity contribution in [1.82, 2.24) is 0 Å². The first-order valence-corrected chi connectivity index (χ1v) is 3.53. The molecule has 0 nitrogen and oxygen atoms in total. The molecule has 0 amide bonds. The van der Waals surface area contributed by atoms with Crippen LogP contribution in [0.1, 0.15) is 39.5 Å². The average molecular weight is 193 g/mol. The Morgan fingerprint density at radius 3 is 2.33 bits per heavy atom. The molecule has 0 radical (unpaired) electrons. The Bertz CT molecular complexity index is 57.6. The summed E-state index contributed by atoms with van der Waals surface area (Å²) in [5.74, 6) is 0. The zero-order valence-electron chi connectivity index (χ0n) is 6.39. The van der Waals surface area contributed by atoms with Gasteiger partial charge in [-0.3, -0.25) is 0 Å². The highest BCUT2D eigenvalue weighted by Gasteiger charge is 1.78. The minimum Gasteiger partial charge on any atom is -0.114 e. The molecule has 0 aromatic carbocycles. The summed E-state index contributed by atoms with van der Waals surface area (Å²) in [6.07, 6.45) is 9.69. The minimum absolute atomic E-state index is 0. The quantitative estimate of drug-likeness (QED) is 0.471. The van der Waals surface area contributed by atoms with Crippen molar-refractivity contribution in [3.8, 4) is 0 Å². The zero-order valence-corrected chi connectivity index (χ0v) is 8.10. The van der Waals surface area contributed by atoms with E-state index in [0.29, 0.717) is 0 Å². The first-order valence-electron chi connectivity index (χ1n) is 3.53. The van der Waals surface area contributed by atoms with Gasteiger partial charge in [0.15, 0.2) is 0 Å². The molecule has 0 aromatic rings. The lowest BCUT2D eigenvalue weighted by atomic mass is 10.2. The van der Waals surface area contributed by atoms with Gasteiger partial charge in [-0.25, -0.2) is 0 Å². The molecule has 0 rings (SSSR count). The van der Waals surface area contributed by atoms with Crippen LogP contribution in [-0.2, 0) is 0 Å². The molecule has 1 heteroatoms. The van der Waals surface area contributed by atoms with Gasteiger partial charge in [-0.15, -0.1) is 17.0 Å². The van der Waals surface area contributed by atoms with E-state index in [0.717, 1.165) is 0 Å². The van der Waals surface area contributed by atoms with Crippen molar-refractivity contribution < 1.29 is 0 Å². The molecule has 0 heterocycles. The number of unbranched alkanes of at least 4 members (excludes halogenated alkanes) is 3. The third kappa shape index (κ3) is 11.7. The van der Waals surface area contributed by atoms with Crippen LogP contribution in [0.25, 0.3) is 0 Å². The number of hydrogen-bond donors (Lipinski definition) is 0. The molecule has 0 aromatic heterocycles. The van der Waals surface area contributed by atoms with Gasteiger partial charge in [0, 0.05) is 0 Å². The van der Waals surface area contributed by atoms with E-state index in [1.165, 1.54) is 25.7 Å². The SMILES string of the molecule is Br.C/C=C/CCCCC. The predicted molar refractivity (Wildman–Crippen MR) is 49.3 cm³/mol. The summed E-state index contributed by atoms with van der Waals surface area (Å²) in [6, 6.07) is 0. The molecule has 0 aliphatic carbocycles. The number of hydrogen-bond acceptors (Lipinski definition) is 0. The molecule has 0 aliphatic heterocycles. The van der Waals surface area contributed by atoms with Crippen molar-refractivity contribution in [3.05, 3.63) is 12.2 Å². The van der Waals surface area contributed by atoms with Crippen LogP contribution in [0.3, 0.4) is 0 Å². The Hall–Kier alpha value is 0.220. The monoisotopic (exact) mass is 192 g/mol. The van der Waals surface area contributed by atoms with Crippen molar-refractivity contribution in [3.63, 3.8) is 0 Å². The number of allylic oxidation sites excluding steroid dienone is 2. The van der Waals surface area contributed by atoms with E-state index in [-0.39, 0.29) is 17.0 Å². The fourth-order valence-electron chi connectivity index (χ4n) is 0.679. The van der Waals surface area contributed by atoms with Gasteiger partial charge in [0.05, 0.1) is 0 Å². The molecule has 0 atom stereocenters. The Morgan fingerprint density at radius 1 is 1.22 bits per heavy atom. The summed E-state index contributed by atoms with van der Waals surface area (Å²) in [4.78, 5) is 0. The summed E-state index contributed by atoms with van der Waals surface area (Å²) >= 11 is 0. The third-order valence-corrected chi connectivity index (χ3v) is 1.21. The maximum Gasteiger partial charge on any atom is -0.0351 e. The van der Waals surface area contributed by atoms with Gasteiger partial charge >= 0.3 is 0 Å². The van der Waals surface area contributed by atoms with Gasteiger partial charge in [0.25, 0.3) is 0 Å². The van der Waals surface area contributed by atoms with Gasteiger partial charge < -0.3 is 0 Å². The maximum absolute atomic E-state index is 2.23. The highest BCUT2D eigenvalue weighted by atomic mass is 79.9. The molecule has 9 heavy (non-hydrogen) atoms. The van der Waals surface area contributed by atoms with Crippen LogP contribution in [0.15, 0.2) is 12.2 Å². The molecule has 0 fully saturated rings. The van der Waals surface area contributed by atoms with E-state index >= 15 is 0 Å². The lowest BCUT2D eigenvalue weighted by Gasteiger charge is -1.88. The molecule has 0 bridgehead atoms. The van der Waals surface area contributed by atoms with E-state index in [9.17, 15) is 0 Å². The van der Waals surface area contributed by atoms with Gasteiger partial charge in [0.2, 0.25) is 0 Å². The molecule has 0 saturated heterocycles. The topological polar surface area (TPSA) is 0 Å². The first kappa shape index (κ1) is 12.0. The highest BCUT2D eigenvalue weighted by molar-refractivity contribution is 8.93. The largest absolute Gasteiger partial charge is 0.114 e. The van der Waals surface area contributed by atoms with Crippen molar-refractivity contribution in [2.75, 3.05) is 0 Å². The van der Waals surface area contributed by atoms with Gasteiger partial charge in [-0.1, -0.05) is 31.9 Å². The second-order valence-electron chi connectivity index (χ2n) is 2.06. The Labute approximate surface area is 69.1 Å². The lowest BCUT2D eigenvalue weighted by Crippen LogP contribution is -1.68. The van der Waals surface area contributed by atoms with Gasteiger partial charge in [0.1, 0.15) is 0 Å². The summed E-state index contributed by atoms with van der Waals surface area (Å²) in [5, 5.41) is 0. The van der Waals surface area contributed by atoms with Gasteiger partial charge in [-0.05, 0) is 19.8 Å². The van der Waals surface area contributed by atoms with Crippen molar-refractivity contribution in [2.24, 2.45) is 0 Å². The first-order chi connectivity index (χ1) is 3.91. The second-order valence-corrected chi connectivity index (χ2v) is 2.06.